The molecular formula is C14H15FN2O. The Hall–Kier alpha value is -1.97. The smallest absolute Gasteiger partial charge is 0.220 e. The molecule has 3 nitrogen and oxygen atoms in total. The molecule has 0 fully saturated rings. The summed E-state index contributed by atoms with van der Waals surface area (Å²) in [6, 6.07) is 6.78. The van der Waals surface area contributed by atoms with Gasteiger partial charge in [0.1, 0.15) is 11.3 Å². The molecule has 1 heterocycles. The fourth-order valence-corrected chi connectivity index (χ4v) is 1.83. The summed E-state index contributed by atoms with van der Waals surface area (Å²) in [4.78, 5) is 15.0. The molecule has 2 N–H and O–H groups in total. The van der Waals surface area contributed by atoms with Gasteiger partial charge in [-0.3, -0.25) is 9.78 Å². The van der Waals surface area contributed by atoms with Gasteiger partial charge < -0.3 is 5.73 Å². The van der Waals surface area contributed by atoms with Crippen molar-refractivity contribution < 1.29 is 9.18 Å². The van der Waals surface area contributed by atoms with Crippen molar-refractivity contribution in [1.29, 1.82) is 0 Å². The first kappa shape index (κ1) is 12.5. The fraction of sp³-hybridized carbons (Fsp3) is 0.286. The molecule has 0 bridgehead atoms. The number of nitrogens with two attached hydrogens (primary N) is 1. The molecule has 1 unspecified atom stereocenters. The van der Waals surface area contributed by atoms with Gasteiger partial charge in [-0.25, -0.2) is 4.39 Å². The minimum atomic E-state index is -0.315. The standard InChI is InChI=1S/C14H15FN2O/c1-9(14(16)18)5-6-10-7-11-3-2-4-12(15)13(11)17-8-10/h2-4,7-9H,5-6H2,1H3,(H2,16,18). The number of fused-ring (bicyclic) bond motifs is 1. The van der Waals surface area contributed by atoms with E-state index in [0.29, 0.717) is 18.4 Å². The number of amides is 1. The van der Waals surface area contributed by atoms with Gasteiger partial charge >= 0.3 is 0 Å². The summed E-state index contributed by atoms with van der Waals surface area (Å²) < 4.78 is 13.4. The molecule has 0 saturated carbocycles. The van der Waals surface area contributed by atoms with Crippen LogP contribution in [0.5, 0.6) is 0 Å². The number of nitrogens with zero attached hydrogens (tertiary/aromatic N) is 1. The summed E-state index contributed by atoms with van der Waals surface area (Å²) in [6.07, 6.45) is 3.04. The number of pyridine rings is 1. The molecule has 1 amide bonds. The van der Waals surface area contributed by atoms with E-state index in [4.69, 9.17) is 5.73 Å². The fourth-order valence-electron chi connectivity index (χ4n) is 1.83. The maximum absolute atomic E-state index is 13.4. The molecule has 1 atom stereocenters. The normalized spacial score (nSPS) is 12.6. The topological polar surface area (TPSA) is 56.0 Å². The number of primary amides is 1. The highest BCUT2D eigenvalue weighted by Crippen LogP contribution is 2.18. The van der Waals surface area contributed by atoms with Gasteiger partial charge in [-0.1, -0.05) is 19.1 Å². The van der Waals surface area contributed by atoms with Gasteiger partial charge in [-0.15, -0.1) is 0 Å². The number of hydrogen-bond acceptors (Lipinski definition) is 2. The largest absolute Gasteiger partial charge is 0.369 e. The van der Waals surface area contributed by atoms with Crippen molar-refractivity contribution in [3.05, 3.63) is 41.8 Å². The van der Waals surface area contributed by atoms with Crippen LogP contribution < -0.4 is 5.73 Å². The van der Waals surface area contributed by atoms with Crippen LogP contribution >= 0.6 is 0 Å². The Morgan fingerprint density at radius 3 is 3.00 bits per heavy atom. The molecule has 0 spiro atoms. The van der Waals surface area contributed by atoms with Crippen LogP contribution in [0, 0.1) is 11.7 Å². The lowest BCUT2D eigenvalue weighted by atomic mass is 10.0. The maximum Gasteiger partial charge on any atom is 0.220 e. The van der Waals surface area contributed by atoms with Gasteiger partial charge in [0.05, 0.1) is 0 Å². The number of rotatable bonds is 4. The van der Waals surface area contributed by atoms with Crippen molar-refractivity contribution in [2.24, 2.45) is 11.7 Å². The number of aromatic nitrogens is 1. The van der Waals surface area contributed by atoms with Crippen molar-refractivity contribution >= 4 is 16.8 Å². The number of halogens is 1. The quantitative estimate of drug-likeness (QED) is 0.900. The summed E-state index contributed by atoms with van der Waals surface area (Å²) in [7, 11) is 0. The van der Waals surface area contributed by atoms with Crippen molar-refractivity contribution in [2.45, 2.75) is 19.8 Å². The van der Waals surface area contributed by atoms with Crippen LogP contribution in [0.1, 0.15) is 18.9 Å². The number of hydrogen-bond donors (Lipinski definition) is 1. The van der Waals surface area contributed by atoms with E-state index in [1.165, 1.54) is 6.07 Å². The number of para-hydroxylation sites is 1. The molecule has 94 valence electrons. The summed E-state index contributed by atoms with van der Waals surface area (Å²) in [5.74, 6) is -0.771. The molecule has 0 aliphatic carbocycles. The Bertz CT molecular complexity index is 583. The second kappa shape index (κ2) is 5.12. The van der Waals surface area contributed by atoms with Crippen LogP contribution in [0.2, 0.25) is 0 Å². The Balaban J connectivity index is 2.18. The summed E-state index contributed by atoms with van der Waals surface area (Å²) >= 11 is 0. The minimum Gasteiger partial charge on any atom is -0.369 e. The average molecular weight is 246 g/mol. The predicted molar refractivity (Wildman–Crippen MR) is 68.4 cm³/mol. The Labute approximate surface area is 105 Å². The maximum atomic E-state index is 13.4. The first-order chi connectivity index (χ1) is 8.58. The molecule has 18 heavy (non-hydrogen) atoms. The predicted octanol–water partition coefficient (Wildman–Crippen LogP) is 2.43. The van der Waals surface area contributed by atoms with Gasteiger partial charge in [0.25, 0.3) is 0 Å². The van der Waals surface area contributed by atoms with Gasteiger partial charge in [-0.2, -0.15) is 0 Å². The summed E-state index contributed by atoms with van der Waals surface area (Å²) in [5.41, 5.74) is 6.57. The number of aryl methyl sites for hydroxylation is 1. The molecule has 4 heteroatoms. The monoisotopic (exact) mass is 246 g/mol. The highest BCUT2D eigenvalue weighted by molar-refractivity contribution is 5.79. The van der Waals surface area contributed by atoms with Gasteiger partial charge in [0, 0.05) is 17.5 Å². The van der Waals surface area contributed by atoms with E-state index in [9.17, 15) is 9.18 Å². The van der Waals surface area contributed by atoms with Crippen molar-refractivity contribution in [1.82, 2.24) is 4.98 Å². The lowest BCUT2D eigenvalue weighted by molar-refractivity contribution is -0.121. The minimum absolute atomic E-state index is 0.159. The number of carbonyl (C=O) groups excluding carboxylic acids is 1. The average Bonchev–Trinajstić information content (AvgIpc) is 2.36. The zero-order valence-electron chi connectivity index (χ0n) is 10.2. The van der Waals surface area contributed by atoms with Crippen LogP contribution in [0.4, 0.5) is 4.39 Å². The summed E-state index contributed by atoms with van der Waals surface area (Å²) in [5, 5.41) is 0.777. The summed E-state index contributed by atoms with van der Waals surface area (Å²) in [6.45, 7) is 1.80. The van der Waals surface area contributed by atoms with Crippen molar-refractivity contribution in [3.63, 3.8) is 0 Å². The van der Waals surface area contributed by atoms with Crippen LogP contribution in [-0.4, -0.2) is 10.9 Å². The van der Waals surface area contributed by atoms with Crippen LogP contribution in [0.25, 0.3) is 10.9 Å². The van der Waals surface area contributed by atoms with Gasteiger partial charge in [0.15, 0.2) is 0 Å². The highest BCUT2D eigenvalue weighted by Gasteiger charge is 2.09. The van der Waals surface area contributed by atoms with E-state index < -0.39 is 0 Å². The van der Waals surface area contributed by atoms with E-state index in [1.807, 2.05) is 12.1 Å². The molecule has 0 aliphatic rings. The number of benzene rings is 1. The molecule has 2 aromatic rings. The van der Waals surface area contributed by atoms with E-state index in [0.717, 1.165) is 10.9 Å². The first-order valence-corrected chi connectivity index (χ1v) is 5.90. The van der Waals surface area contributed by atoms with E-state index in [2.05, 4.69) is 4.98 Å². The zero-order valence-corrected chi connectivity index (χ0v) is 10.2. The third-order valence-electron chi connectivity index (χ3n) is 3.07. The molecule has 0 saturated heterocycles. The second-order valence-electron chi connectivity index (χ2n) is 4.50. The molecular weight excluding hydrogens is 231 g/mol. The molecule has 1 aromatic heterocycles. The Morgan fingerprint density at radius 1 is 1.50 bits per heavy atom. The van der Waals surface area contributed by atoms with E-state index in [-0.39, 0.29) is 17.6 Å². The molecule has 2 rings (SSSR count). The third kappa shape index (κ3) is 2.64. The Morgan fingerprint density at radius 2 is 2.28 bits per heavy atom. The number of carbonyl (C=O) groups is 1. The molecule has 1 aromatic carbocycles. The molecule has 0 aliphatic heterocycles. The lowest BCUT2D eigenvalue weighted by Gasteiger charge is -2.07. The van der Waals surface area contributed by atoms with E-state index >= 15 is 0 Å². The lowest BCUT2D eigenvalue weighted by Crippen LogP contribution is -2.20. The van der Waals surface area contributed by atoms with Crippen molar-refractivity contribution in [2.75, 3.05) is 0 Å². The third-order valence-corrected chi connectivity index (χ3v) is 3.07. The molecule has 0 radical (unpaired) electrons. The first-order valence-electron chi connectivity index (χ1n) is 5.90. The van der Waals surface area contributed by atoms with Crippen LogP contribution in [-0.2, 0) is 11.2 Å². The van der Waals surface area contributed by atoms with Gasteiger partial charge in [0.2, 0.25) is 5.91 Å². The Kier molecular flexibility index (Phi) is 3.55. The van der Waals surface area contributed by atoms with Gasteiger partial charge in [-0.05, 0) is 30.5 Å². The zero-order chi connectivity index (χ0) is 13.1. The highest BCUT2D eigenvalue weighted by atomic mass is 19.1. The van der Waals surface area contributed by atoms with Crippen LogP contribution in [0.15, 0.2) is 30.5 Å². The van der Waals surface area contributed by atoms with Crippen molar-refractivity contribution in [3.8, 4) is 0 Å². The SMILES string of the molecule is CC(CCc1cnc2c(F)cccc2c1)C(N)=O. The van der Waals surface area contributed by atoms with Crippen LogP contribution in [0.3, 0.4) is 0 Å². The van der Waals surface area contributed by atoms with E-state index in [1.54, 1.807) is 19.2 Å². The second-order valence-corrected chi connectivity index (χ2v) is 4.50.